The summed E-state index contributed by atoms with van der Waals surface area (Å²) in [7, 11) is 0. The Balaban J connectivity index is 1.78. The molecule has 5 rings (SSSR count). The van der Waals surface area contributed by atoms with Crippen LogP contribution in [0.2, 0.25) is 0 Å². The molecule has 0 unspecified atom stereocenters. The van der Waals surface area contributed by atoms with Crippen molar-refractivity contribution in [2.75, 3.05) is 13.2 Å². The zero-order valence-electron chi connectivity index (χ0n) is 16.3. The molecule has 1 aliphatic heterocycles. The Kier molecular flexibility index (Phi) is 5.12. The van der Waals surface area contributed by atoms with Crippen molar-refractivity contribution in [3.05, 3.63) is 41.1 Å². The molecule has 2 aliphatic rings. The van der Waals surface area contributed by atoms with Crippen molar-refractivity contribution in [2.24, 2.45) is 0 Å². The zero-order valence-corrected chi connectivity index (χ0v) is 16.3. The van der Waals surface area contributed by atoms with E-state index in [1.54, 1.807) is 0 Å². The molecule has 2 aromatic heterocycles. The van der Waals surface area contributed by atoms with Crippen LogP contribution in [0.5, 0.6) is 5.88 Å². The molecule has 1 aliphatic carbocycles. The maximum atomic E-state index is 14.2. The lowest BCUT2D eigenvalue weighted by Crippen LogP contribution is -2.18. The molecule has 156 valence electrons. The van der Waals surface area contributed by atoms with Gasteiger partial charge in [-0.25, -0.2) is 13.8 Å². The third kappa shape index (κ3) is 3.65. The van der Waals surface area contributed by atoms with Gasteiger partial charge in [0.2, 0.25) is 11.7 Å². The number of tetrazole rings is 1. The number of ether oxygens (including phenoxy) is 2. The quantitative estimate of drug-likeness (QED) is 0.658. The number of aryl methyl sites for hydroxylation is 1. The van der Waals surface area contributed by atoms with E-state index in [0.717, 1.165) is 55.8 Å². The summed E-state index contributed by atoms with van der Waals surface area (Å²) in [5.41, 5.74) is 3.44. The molecule has 1 atom stereocenters. The van der Waals surface area contributed by atoms with Gasteiger partial charge in [0.1, 0.15) is 17.7 Å². The minimum absolute atomic E-state index is 0.149. The maximum absolute atomic E-state index is 14.2. The number of aromatic nitrogens is 5. The number of H-pyrrole nitrogens is 1. The second-order valence-corrected chi connectivity index (χ2v) is 7.65. The van der Waals surface area contributed by atoms with Gasteiger partial charge in [-0.2, -0.15) is 5.21 Å². The van der Waals surface area contributed by atoms with Crippen molar-refractivity contribution < 1.29 is 18.3 Å². The van der Waals surface area contributed by atoms with Crippen molar-refractivity contribution in [1.29, 1.82) is 0 Å². The standard InChI is InChI=1S/C21H21F2N5O2/c22-13-8-12(9-14(23)10-13)18-16-4-2-1-3-5-17(16)24-21(30-15-6-7-29-11-15)19(18)20-25-27-28-26-20/h8-10,15H,1-7,11H2,(H,25,26,27,28)/t15-/m0/s1. The number of benzene rings is 1. The fraction of sp³-hybridized carbons (Fsp3) is 0.429. The molecular formula is C21H21F2N5O2. The first-order valence-corrected chi connectivity index (χ1v) is 10.2. The molecule has 9 heteroatoms. The van der Waals surface area contributed by atoms with Crippen LogP contribution in [0.1, 0.15) is 36.9 Å². The van der Waals surface area contributed by atoms with Gasteiger partial charge in [0, 0.05) is 23.7 Å². The van der Waals surface area contributed by atoms with Crippen LogP contribution in [0, 0.1) is 11.6 Å². The van der Waals surface area contributed by atoms with Gasteiger partial charge in [-0.15, -0.1) is 10.2 Å². The normalized spacial score (nSPS) is 18.8. The number of halogens is 2. The topological polar surface area (TPSA) is 85.8 Å². The van der Waals surface area contributed by atoms with Crippen LogP contribution < -0.4 is 4.74 Å². The SMILES string of the molecule is Fc1cc(F)cc(-c2c3c(nc(O[C@H]4CCOC4)c2-c2nn[nH]n2)CCCCC3)c1. The molecule has 0 amide bonds. The summed E-state index contributed by atoms with van der Waals surface area (Å²) in [4.78, 5) is 4.84. The monoisotopic (exact) mass is 413 g/mol. The molecule has 1 aromatic carbocycles. The largest absolute Gasteiger partial charge is 0.471 e. The Morgan fingerprint density at radius 1 is 1.03 bits per heavy atom. The first-order chi connectivity index (χ1) is 14.7. The van der Waals surface area contributed by atoms with Crippen LogP contribution in [-0.4, -0.2) is 44.9 Å². The lowest BCUT2D eigenvalue weighted by Gasteiger charge is -2.21. The zero-order chi connectivity index (χ0) is 20.5. The number of rotatable bonds is 4. The summed E-state index contributed by atoms with van der Waals surface area (Å²) in [5.74, 6) is -0.653. The van der Waals surface area contributed by atoms with E-state index in [1.165, 1.54) is 12.1 Å². The van der Waals surface area contributed by atoms with E-state index >= 15 is 0 Å². The summed E-state index contributed by atoms with van der Waals surface area (Å²) in [6.45, 7) is 1.09. The molecule has 1 saturated heterocycles. The highest BCUT2D eigenvalue weighted by Crippen LogP contribution is 2.43. The molecule has 7 nitrogen and oxygen atoms in total. The highest BCUT2D eigenvalue weighted by molar-refractivity contribution is 5.86. The van der Waals surface area contributed by atoms with Gasteiger partial charge in [-0.05, 0) is 54.2 Å². The van der Waals surface area contributed by atoms with Crippen LogP contribution >= 0.6 is 0 Å². The number of pyridine rings is 1. The lowest BCUT2D eigenvalue weighted by atomic mass is 9.91. The third-order valence-electron chi connectivity index (χ3n) is 5.58. The van der Waals surface area contributed by atoms with E-state index in [-0.39, 0.29) is 11.9 Å². The summed E-state index contributed by atoms with van der Waals surface area (Å²) >= 11 is 0. The van der Waals surface area contributed by atoms with Crippen LogP contribution in [0.3, 0.4) is 0 Å². The van der Waals surface area contributed by atoms with Crippen LogP contribution in [0.25, 0.3) is 22.5 Å². The molecule has 0 bridgehead atoms. The molecule has 3 heterocycles. The van der Waals surface area contributed by atoms with Gasteiger partial charge in [0.25, 0.3) is 0 Å². The number of nitrogens with one attached hydrogen (secondary N) is 1. The maximum Gasteiger partial charge on any atom is 0.226 e. The van der Waals surface area contributed by atoms with Gasteiger partial charge >= 0.3 is 0 Å². The van der Waals surface area contributed by atoms with Gasteiger partial charge in [-0.1, -0.05) is 6.42 Å². The third-order valence-corrected chi connectivity index (χ3v) is 5.58. The fourth-order valence-electron chi connectivity index (χ4n) is 4.24. The van der Waals surface area contributed by atoms with Gasteiger partial charge in [0.05, 0.1) is 18.8 Å². The molecule has 0 spiro atoms. The molecule has 1 N–H and O–H groups in total. The minimum Gasteiger partial charge on any atom is -0.471 e. The molecule has 30 heavy (non-hydrogen) atoms. The van der Waals surface area contributed by atoms with Crippen molar-refractivity contribution in [2.45, 2.75) is 44.6 Å². The first kappa shape index (κ1) is 19.0. The Hall–Kier alpha value is -2.94. The molecule has 0 radical (unpaired) electrons. The van der Waals surface area contributed by atoms with Crippen LogP contribution in [0.4, 0.5) is 8.78 Å². The second kappa shape index (κ2) is 8.06. The van der Waals surface area contributed by atoms with Crippen LogP contribution in [0.15, 0.2) is 18.2 Å². The summed E-state index contributed by atoms with van der Waals surface area (Å²) in [6, 6.07) is 3.52. The Bertz CT molecular complexity index is 1030. The van der Waals surface area contributed by atoms with Gasteiger partial charge in [-0.3, -0.25) is 0 Å². The Labute approximate surface area is 171 Å². The van der Waals surface area contributed by atoms with E-state index in [1.807, 2.05) is 0 Å². The van der Waals surface area contributed by atoms with Gasteiger partial charge in [0.15, 0.2) is 0 Å². The average Bonchev–Trinajstić information content (AvgIpc) is 3.37. The van der Waals surface area contributed by atoms with E-state index in [2.05, 4.69) is 20.6 Å². The molecular weight excluding hydrogens is 392 g/mol. The minimum atomic E-state index is -0.644. The highest BCUT2D eigenvalue weighted by Gasteiger charge is 2.29. The number of hydrogen-bond acceptors (Lipinski definition) is 6. The number of fused-ring (bicyclic) bond motifs is 1. The predicted octanol–water partition coefficient (Wildman–Crippen LogP) is 3.64. The van der Waals surface area contributed by atoms with Crippen LogP contribution in [-0.2, 0) is 17.6 Å². The number of hydrogen-bond donors (Lipinski definition) is 1. The second-order valence-electron chi connectivity index (χ2n) is 7.65. The van der Waals surface area contributed by atoms with Crippen molar-refractivity contribution in [3.8, 4) is 28.4 Å². The van der Waals surface area contributed by atoms with E-state index in [9.17, 15) is 8.78 Å². The molecule has 1 fully saturated rings. The average molecular weight is 413 g/mol. The Morgan fingerprint density at radius 2 is 1.87 bits per heavy atom. The van der Waals surface area contributed by atoms with E-state index < -0.39 is 11.6 Å². The predicted molar refractivity (Wildman–Crippen MR) is 104 cm³/mol. The number of nitrogens with zero attached hydrogens (tertiary/aromatic N) is 4. The van der Waals surface area contributed by atoms with Crippen molar-refractivity contribution in [3.63, 3.8) is 0 Å². The van der Waals surface area contributed by atoms with Crippen molar-refractivity contribution >= 4 is 0 Å². The summed E-state index contributed by atoms with van der Waals surface area (Å²) in [5, 5.41) is 14.4. The summed E-state index contributed by atoms with van der Waals surface area (Å²) in [6.07, 6.45) is 5.18. The first-order valence-electron chi connectivity index (χ1n) is 10.2. The number of aromatic amines is 1. The van der Waals surface area contributed by atoms with E-state index in [0.29, 0.717) is 35.8 Å². The highest BCUT2D eigenvalue weighted by atomic mass is 19.1. The molecule has 0 saturated carbocycles. The summed E-state index contributed by atoms with van der Waals surface area (Å²) < 4.78 is 40.0. The smallest absolute Gasteiger partial charge is 0.226 e. The van der Waals surface area contributed by atoms with Crippen molar-refractivity contribution in [1.82, 2.24) is 25.6 Å². The van der Waals surface area contributed by atoms with E-state index in [4.69, 9.17) is 14.5 Å². The Morgan fingerprint density at radius 3 is 2.60 bits per heavy atom. The van der Waals surface area contributed by atoms with Gasteiger partial charge < -0.3 is 9.47 Å². The lowest BCUT2D eigenvalue weighted by molar-refractivity contribution is 0.138. The fourth-order valence-corrected chi connectivity index (χ4v) is 4.24. The molecule has 3 aromatic rings.